The fraction of sp³-hybridized carbons (Fsp3) is 0.368. The number of para-hydroxylation sites is 1. The number of aryl methyl sites for hydroxylation is 1. The van der Waals surface area contributed by atoms with Crippen molar-refractivity contribution in [2.24, 2.45) is 4.99 Å². The summed E-state index contributed by atoms with van der Waals surface area (Å²) in [5.41, 5.74) is 3.53. The van der Waals surface area contributed by atoms with Gasteiger partial charge in [0.15, 0.2) is 5.96 Å². The van der Waals surface area contributed by atoms with Gasteiger partial charge in [-0.25, -0.2) is 4.99 Å². The molecular weight excluding hydrogens is 332 g/mol. The van der Waals surface area contributed by atoms with Crippen molar-refractivity contribution < 1.29 is 4.79 Å². The number of aliphatic imine (C=N–C) groups is 1. The first kappa shape index (κ1) is 17.5. The van der Waals surface area contributed by atoms with Crippen LogP contribution in [0.15, 0.2) is 40.7 Å². The number of nitrogens with zero attached hydrogens (tertiary/aromatic N) is 2. The van der Waals surface area contributed by atoms with Gasteiger partial charge in [0, 0.05) is 23.7 Å². The van der Waals surface area contributed by atoms with E-state index in [1.807, 2.05) is 30.0 Å². The molecule has 0 aliphatic carbocycles. The van der Waals surface area contributed by atoms with Gasteiger partial charge in [0.2, 0.25) is 5.91 Å². The molecule has 0 saturated carbocycles. The minimum absolute atomic E-state index is 0.0365. The first-order valence-electron chi connectivity index (χ1n) is 8.62. The van der Waals surface area contributed by atoms with Crippen LogP contribution in [0.5, 0.6) is 0 Å². The third-order valence-electron chi connectivity index (χ3n) is 4.29. The summed E-state index contributed by atoms with van der Waals surface area (Å²) in [5, 5.41) is 8.60. The molecule has 0 saturated heterocycles. The SMILES string of the molecule is CCNC(=NCC(=O)N1CCc2ccccc21)NCc1sccc1C. The van der Waals surface area contributed by atoms with Crippen LogP contribution in [0.4, 0.5) is 5.69 Å². The number of hydrogen-bond acceptors (Lipinski definition) is 3. The fourth-order valence-electron chi connectivity index (χ4n) is 2.92. The lowest BCUT2D eigenvalue weighted by Crippen LogP contribution is -2.38. The highest BCUT2D eigenvalue weighted by molar-refractivity contribution is 7.10. The Morgan fingerprint density at radius 2 is 2.12 bits per heavy atom. The molecule has 5 nitrogen and oxygen atoms in total. The van der Waals surface area contributed by atoms with Crippen LogP contribution in [-0.2, 0) is 17.8 Å². The van der Waals surface area contributed by atoms with E-state index in [4.69, 9.17) is 0 Å². The Bertz CT molecular complexity index is 768. The van der Waals surface area contributed by atoms with Gasteiger partial charge < -0.3 is 15.5 Å². The second kappa shape index (κ2) is 8.16. The van der Waals surface area contributed by atoms with Crippen molar-refractivity contribution in [3.8, 4) is 0 Å². The molecule has 1 aliphatic rings. The van der Waals surface area contributed by atoms with E-state index >= 15 is 0 Å². The van der Waals surface area contributed by atoms with Crippen molar-refractivity contribution >= 4 is 28.9 Å². The maximum atomic E-state index is 12.6. The van der Waals surface area contributed by atoms with Gasteiger partial charge >= 0.3 is 0 Å². The van der Waals surface area contributed by atoms with Crippen LogP contribution in [-0.4, -0.2) is 31.5 Å². The summed E-state index contributed by atoms with van der Waals surface area (Å²) in [6.45, 7) is 6.49. The van der Waals surface area contributed by atoms with E-state index in [0.717, 1.165) is 31.7 Å². The highest BCUT2D eigenvalue weighted by Gasteiger charge is 2.23. The average Bonchev–Trinajstić information content (AvgIpc) is 3.23. The lowest BCUT2D eigenvalue weighted by atomic mass is 10.2. The molecule has 0 atom stereocenters. The van der Waals surface area contributed by atoms with Crippen molar-refractivity contribution in [3.63, 3.8) is 0 Å². The van der Waals surface area contributed by atoms with Gasteiger partial charge in [0.25, 0.3) is 0 Å². The number of hydrogen-bond donors (Lipinski definition) is 2. The Morgan fingerprint density at radius 1 is 1.28 bits per heavy atom. The third kappa shape index (κ3) is 4.20. The Balaban J connectivity index is 1.61. The molecular formula is C19H24N4OS. The van der Waals surface area contributed by atoms with Crippen LogP contribution in [0, 0.1) is 6.92 Å². The minimum Gasteiger partial charge on any atom is -0.357 e. The van der Waals surface area contributed by atoms with Crippen molar-refractivity contribution in [2.75, 3.05) is 24.5 Å². The number of nitrogens with one attached hydrogen (secondary N) is 2. The zero-order valence-electron chi connectivity index (χ0n) is 14.7. The smallest absolute Gasteiger partial charge is 0.248 e. The molecule has 0 bridgehead atoms. The molecule has 0 spiro atoms. The topological polar surface area (TPSA) is 56.7 Å². The minimum atomic E-state index is 0.0365. The van der Waals surface area contributed by atoms with Crippen LogP contribution >= 0.6 is 11.3 Å². The van der Waals surface area contributed by atoms with Crippen molar-refractivity contribution in [1.82, 2.24) is 10.6 Å². The summed E-state index contributed by atoms with van der Waals surface area (Å²) >= 11 is 1.73. The number of rotatable bonds is 5. The number of fused-ring (bicyclic) bond motifs is 1. The molecule has 1 aliphatic heterocycles. The Kier molecular flexibility index (Phi) is 5.71. The normalized spacial score (nSPS) is 13.7. The number of carbonyl (C=O) groups excluding carboxylic acids is 1. The molecule has 25 heavy (non-hydrogen) atoms. The number of anilines is 1. The van der Waals surface area contributed by atoms with E-state index in [2.05, 4.69) is 40.1 Å². The summed E-state index contributed by atoms with van der Waals surface area (Å²) in [5.74, 6) is 0.714. The summed E-state index contributed by atoms with van der Waals surface area (Å²) in [7, 11) is 0. The van der Waals surface area contributed by atoms with E-state index < -0.39 is 0 Å². The Hall–Kier alpha value is -2.34. The number of thiophene rings is 1. The number of amides is 1. The molecule has 2 N–H and O–H groups in total. The maximum absolute atomic E-state index is 12.6. The summed E-state index contributed by atoms with van der Waals surface area (Å²) < 4.78 is 0. The molecule has 0 unspecified atom stereocenters. The molecule has 1 aromatic carbocycles. The van der Waals surface area contributed by atoms with Crippen LogP contribution in [0.2, 0.25) is 0 Å². The quantitative estimate of drug-likeness (QED) is 0.640. The van der Waals surface area contributed by atoms with Crippen molar-refractivity contribution in [3.05, 3.63) is 51.7 Å². The van der Waals surface area contributed by atoms with Crippen LogP contribution in [0.25, 0.3) is 0 Å². The zero-order chi connectivity index (χ0) is 17.6. The second-order valence-electron chi connectivity index (χ2n) is 6.00. The van der Waals surface area contributed by atoms with E-state index in [0.29, 0.717) is 5.96 Å². The van der Waals surface area contributed by atoms with Gasteiger partial charge in [-0.1, -0.05) is 18.2 Å². The van der Waals surface area contributed by atoms with E-state index in [9.17, 15) is 4.79 Å². The highest BCUT2D eigenvalue weighted by Crippen LogP contribution is 2.27. The molecule has 1 aromatic heterocycles. The van der Waals surface area contributed by atoms with Crippen LogP contribution in [0.1, 0.15) is 22.9 Å². The molecule has 0 fully saturated rings. The average molecular weight is 356 g/mol. The van der Waals surface area contributed by atoms with Crippen LogP contribution in [0.3, 0.4) is 0 Å². The zero-order valence-corrected chi connectivity index (χ0v) is 15.5. The first-order chi connectivity index (χ1) is 12.2. The molecule has 6 heteroatoms. The van der Waals surface area contributed by atoms with Gasteiger partial charge in [-0.3, -0.25) is 4.79 Å². The molecule has 2 heterocycles. The number of benzene rings is 1. The monoisotopic (exact) mass is 356 g/mol. The van der Waals surface area contributed by atoms with Gasteiger partial charge in [-0.2, -0.15) is 0 Å². The van der Waals surface area contributed by atoms with Gasteiger partial charge in [-0.15, -0.1) is 11.3 Å². The predicted octanol–water partition coefficient (Wildman–Crippen LogP) is 2.70. The highest BCUT2D eigenvalue weighted by atomic mass is 32.1. The number of carbonyl (C=O) groups is 1. The van der Waals surface area contributed by atoms with Gasteiger partial charge in [-0.05, 0) is 48.9 Å². The van der Waals surface area contributed by atoms with Gasteiger partial charge in [0.1, 0.15) is 6.54 Å². The molecule has 2 aromatic rings. The molecule has 0 radical (unpaired) electrons. The Morgan fingerprint density at radius 3 is 2.88 bits per heavy atom. The first-order valence-corrected chi connectivity index (χ1v) is 9.50. The van der Waals surface area contributed by atoms with E-state index in [1.54, 1.807) is 11.3 Å². The van der Waals surface area contributed by atoms with Crippen LogP contribution < -0.4 is 15.5 Å². The summed E-state index contributed by atoms with van der Waals surface area (Å²) in [4.78, 5) is 20.2. The molecule has 1 amide bonds. The van der Waals surface area contributed by atoms with E-state index in [-0.39, 0.29) is 12.5 Å². The largest absolute Gasteiger partial charge is 0.357 e. The van der Waals surface area contributed by atoms with Crippen molar-refractivity contribution in [2.45, 2.75) is 26.8 Å². The third-order valence-corrected chi connectivity index (χ3v) is 5.31. The van der Waals surface area contributed by atoms with Gasteiger partial charge in [0.05, 0.1) is 6.54 Å². The Labute approximate surface area is 152 Å². The second-order valence-corrected chi connectivity index (χ2v) is 7.00. The summed E-state index contributed by atoms with van der Waals surface area (Å²) in [6, 6.07) is 10.2. The number of guanidine groups is 1. The molecule has 3 rings (SSSR count). The lowest BCUT2D eigenvalue weighted by Gasteiger charge is -2.17. The predicted molar refractivity (Wildman–Crippen MR) is 104 cm³/mol. The molecule has 132 valence electrons. The maximum Gasteiger partial charge on any atom is 0.248 e. The lowest BCUT2D eigenvalue weighted by molar-refractivity contribution is -0.117. The standard InChI is InChI=1S/C19H24N4OS/c1-3-20-19(21-12-17-14(2)9-11-25-17)22-13-18(24)23-10-8-15-6-4-5-7-16(15)23/h4-7,9,11H,3,8,10,12-13H2,1-2H3,(H2,20,21,22). The van der Waals surface area contributed by atoms with E-state index in [1.165, 1.54) is 16.0 Å². The summed E-state index contributed by atoms with van der Waals surface area (Å²) in [6.07, 6.45) is 0.918. The fourth-order valence-corrected chi connectivity index (χ4v) is 3.77. The van der Waals surface area contributed by atoms with Crippen molar-refractivity contribution in [1.29, 1.82) is 0 Å².